The van der Waals surface area contributed by atoms with Crippen molar-refractivity contribution in [3.63, 3.8) is 0 Å². The molecule has 0 aliphatic rings. The van der Waals surface area contributed by atoms with Crippen molar-refractivity contribution in [2.45, 2.75) is 13.5 Å². The summed E-state index contributed by atoms with van der Waals surface area (Å²) in [6.45, 7) is 2.24. The number of halogens is 2. The van der Waals surface area contributed by atoms with Crippen molar-refractivity contribution < 1.29 is 9.31 Å². The number of benzene rings is 1. The Balaban J connectivity index is 2.23. The summed E-state index contributed by atoms with van der Waals surface area (Å²) in [5.41, 5.74) is -0.0220. The number of nitrogens with zero attached hydrogens (tertiary/aromatic N) is 2. The van der Waals surface area contributed by atoms with E-state index >= 15 is 0 Å². The highest BCUT2D eigenvalue weighted by atomic mass is 79.9. The molecule has 0 aliphatic carbocycles. The molecule has 2 rings (SSSR count). The number of rotatable bonds is 4. The summed E-state index contributed by atoms with van der Waals surface area (Å²) in [5, 5.41) is 14.7. The summed E-state index contributed by atoms with van der Waals surface area (Å²) in [6, 6.07) is 2.26. The van der Waals surface area contributed by atoms with Crippen LogP contribution in [0.4, 0.5) is 15.8 Å². The van der Waals surface area contributed by atoms with E-state index in [-0.39, 0.29) is 15.8 Å². The van der Waals surface area contributed by atoms with Crippen molar-refractivity contribution in [3.05, 3.63) is 48.6 Å². The predicted molar refractivity (Wildman–Crippen MR) is 74.9 cm³/mol. The van der Waals surface area contributed by atoms with E-state index in [9.17, 15) is 14.5 Å². The van der Waals surface area contributed by atoms with E-state index < -0.39 is 10.7 Å². The van der Waals surface area contributed by atoms with E-state index in [0.29, 0.717) is 6.54 Å². The quantitative estimate of drug-likeness (QED) is 0.674. The van der Waals surface area contributed by atoms with Crippen molar-refractivity contribution in [1.29, 1.82) is 0 Å². The van der Waals surface area contributed by atoms with Crippen LogP contribution in [0.15, 0.2) is 22.8 Å². The highest BCUT2D eigenvalue weighted by Gasteiger charge is 2.17. The Morgan fingerprint density at radius 1 is 1.58 bits per heavy atom. The van der Waals surface area contributed by atoms with Gasteiger partial charge in [-0.2, -0.15) is 0 Å². The van der Waals surface area contributed by atoms with Gasteiger partial charge in [0.15, 0.2) is 0 Å². The SMILES string of the molecule is Cc1ncc(CNc2cc(F)c(Br)cc2[N+](=O)[O-])s1. The van der Waals surface area contributed by atoms with Gasteiger partial charge in [0.2, 0.25) is 0 Å². The molecule has 0 saturated carbocycles. The van der Waals surface area contributed by atoms with Gasteiger partial charge < -0.3 is 5.32 Å². The molecular formula is C11H9BrFN3O2S. The summed E-state index contributed by atoms with van der Waals surface area (Å²) in [5.74, 6) is -0.548. The standard InChI is InChI=1S/C11H9BrFN3O2S/c1-6-14-4-7(19-6)5-15-10-3-9(13)8(12)2-11(10)16(17)18/h2-4,15H,5H2,1H3. The lowest BCUT2D eigenvalue weighted by atomic mass is 10.2. The second-order valence-electron chi connectivity index (χ2n) is 3.74. The van der Waals surface area contributed by atoms with Gasteiger partial charge >= 0.3 is 0 Å². The number of aromatic nitrogens is 1. The fourth-order valence-corrected chi connectivity index (χ4v) is 2.56. The first-order valence-corrected chi connectivity index (χ1v) is 6.87. The van der Waals surface area contributed by atoms with Gasteiger partial charge in [-0.1, -0.05) is 0 Å². The molecule has 19 heavy (non-hydrogen) atoms. The first kappa shape index (κ1) is 13.9. The van der Waals surface area contributed by atoms with Crippen LogP contribution in [-0.4, -0.2) is 9.91 Å². The Morgan fingerprint density at radius 2 is 2.32 bits per heavy atom. The molecule has 0 spiro atoms. The summed E-state index contributed by atoms with van der Waals surface area (Å²) >= 11 is 4.41. The summed E-state index contributed by atoms with van der Waals surface area (Å²) in [4.78, 5) is 15.4. The van der Waals surface area contributed by atoms with Crippen molar-refractivity contribution in [2.24, 2.45) is 0 Å². The minimum atomic E-state index is -0.551. The Labute approximate surface area is 120 Å². The van der Waals surface area contributed by atoms with Gasteiger partial charge in [0.05, 0.1) is 20.9 Å². The van der Waals surface area contributed by atoms with E-state index in [1.165, 1.54) is 11.3 Å². The van der Waals surface area contributed by atoms with Crippen LogP contribution < -0.4 is 5.32 Å². The number of aryl methyl sites for hydroxylation is 1. The molecule has 1 N–H and O–H groups in total. The molecule has 2 aromatic rings. The Hall–Kier alpha value is -1.54. The van der Waals surface area contributed by atoms with E-state index in [1.54, 1.807) is 6.20 Å². The van der Waals surface area contributed by atoms with Crippen LogP contribution in [0.5, 0.6) is 0 Å². The van der Waals surface area contributed by atoms with Crippen molar-refractivity contribution >= 4 is 38.6 Å². The lowest BCUT2D eigenvalue weighted by Gasteiger charge is -2.06. The molecule has 5 nitrogen and oxygen atoms in total. The third-order valence-corrected chi connectivity index (χ3v) is 3.88. The van der Waals surface area contributed by atoms with E-state index in [1.807, 2.05) is 6.92 Å². The maximum absolute atomic E-state index is 13.4. The maximum Gasteiger partial charge on any atom is 0.293 e. The van der Waals surface area contributed by atoms with Crippen LogP contribution in [0.25, 0.3) is 0 Å². The second kappa shape index (κ2) is 5.62. The zero-order chi connectivity index (χ0) is 14.0. The fourth-order valence-electron chi connectivity index (χ4n) is 1.50. The Kier molecular flexibility index (Phi) is 4.11. The average Bonchev–Trinajstić information content (AvgIpc) is 2.76. The zero-order valence-electron chi connectivity index (χ0n) is 9.81. The zero-order valence-corrected chi connectivity index (χ0v) is 12.2. The van der Waals surface area contributed by atoms with Gasteiger partial charge in [-0.15, -0.1) is 11.3 Å². The molecule has 1 heterocycles. The molecule has 0 unspecified atom stereocenters. The number of hydrogen-bond donors (Lipinski definition) is 1. The first-order valence-electron chi connectivity index (χ1n) is 5.26. The normalized spacial score (nSPS) is 10.5. The average molecular weight is 346 g/mol. The van der Waals surface area contributed by atoms with Gasteiger partial charge in [0.1, 0.15) is 11.5 Å². The Bertz CT molecular complexity index is 632. The molecule has 0 amide bonds. The maximum atomic E-state index is 13.4. The molecule has 0 atom stereocenters. The van der Waals surface area contributed by atoms with Crippen LogP contribution in [0.2, 0.25) is 0 Å². The highest BCUT2D eigenvalue weighted by Crippen LogP contribution is 2.31. The number of nitro benzene ring substituents is 1. The van der Waals surface area contributed by atoms with Crippen molar-refractivity contribution in [2.75, 3.05) is 5.32 Å². The van der Waals surface area contributed by atoms with Crippen LogP contribution in [0, 0.1) is 22.9 Å². The fraction of sp³-hybridized carbons (Fsp3) is 0.182. The summed E-state index contributed by atoms with van der Waals surface area (Å²) in [6.07, 6.45) is 1.69. The molecule has 0 fully saturated rings. The lowest BCUT2D eigenvalue weighted by molar-refractivity contribution is -0.384. The van der Waals surface area contributed by atoms with Gasteiger partial charge in [0, 0.05) is 23.2 Å². The molecule has 0 saturated heterocycles. The summed E-state index contributed by atoms with van der Waals surface area (Å²) < 4.78 is 13.5. The molecule has 1 aromatic carbocycles. The second-order valence-corrected chi connectivity index (χ2v) is 5.91. The van der Waals surface area contributed by atoms with Crippen LogP contribution in [-0.2, 0) is 6.54 Å². The highest BCUT2D eigenvalue weighted by molar-refractivity contribution is 9.10. The molecule has 0 bridgehead atoms. The van der Waals surface area contributed by atoms with Crippen LogP contribution in [0.3, 0.4) is 0 Å². The number of hydrogen-bond acceptors (Lipinski definition) is 5. The van der Waals surface area contributed by atoms with Crippen LogP contribution >= 0.6 is 27.3 Å². The van der Waals surface area contributed by atoms with E-state index in [2.05, 4.69) is 26.2 Å². The molecule has 1 aromatic heterocycles. The number of nitrogens with one attached hydrogen (secondary N) is 1. The van der Waals surface area contributed by atoms with Gasteiger partial charge in [0.25, 0.3) is 5.69 Å². The van der Waals surface area contributed by atoms with Gasteiger partial charge in [-0.3, -0.25) is 10.1 Å². The van der Waals surface area contributed by atoms with Crippen LogP contribution in [0.1, 0.15) is 9.88 Å². The van der Waals surface area contributed by atoms with Crippen molar-refractivity contribution in [1.82, 2.24) is 4.98 Å². The van der Waals surface area contributed by atoms with E-state index in [4.69, 9.17) is 0 Å². The van der Waals surface area contributed by atoms with Gasteiger partial charge in [-0.05, 0) is 22.9 Å². The third kappa shape index (κ3) is 3.27. The predicted octanol–water partition coefficient (Wildman–Crippen LogP) is 3.87. The minimum absolute atomic E-state index is 0.0679. The Morgan fingerprint density at radius 3 is 2.89 bits per heavy atom. The largest absolute Gasteiger partial charge is 0.374 e. The third-order valence-electron chi connectivity index (χ3n) is 2.36. The number of thiazole rings is 1. The molecular weight excluding hydrogens is 337 g/mol. The summed E-state index contributed by atoms with van der Waals surface area (Å²) in [7, 11) is 0. The molecule has 0 radical (unpaired) electrons. The smallest absolute Gasteiger partial charge is 0.293 e. The van der Waals surface area contributed by atoms with Crippen molar-refractivity contribution in [3.8, 4) is 0 Å². The number of anilines is 1. The molecule has 8 heteroatoms. The topological polar surface area (TPSA) is 68.1 Å². The minimum Gasteiger partial charge on any atom is -0.374 e. The van der Waals surface area contributed by atoms with Gasteiger partial charge in [-0.25, -0.2) is 9.37 Å². The molecule has 0 aliphatic heterocycles. The molecule has 100 valence electrons. The lowest BCUT2D eigenvalue weighted by Crippen LogP contribution is -2.02. The first-order chi connectivity index (χ1) is 8.97. The monoisotopic (exact) mass is 345 g/mol. The van der Waals surface area contributed by atoms with E-state index in [0.717, 1.165) is 22.0 Å². The number of nitro groups is 1.